The van der Waals surface area contributed by atoms with Gasteiger partial charge in [0.2, 0.25) is 0 Å². The number of pyridine rings is 1. The molecule has 1 aliphatic rings. The summed E-state index contributed by atoms with van der Waals surface area (Å²) in [6.07, 6.45) is 1.82. The lowest BCUT2D eigenvalue weighted by molar-refractivity contribution is 0.0637. The van der Waals surface area contributed by atoms with Crippen LogP contribution in [0.3, 0.4) is 0 Å². The van der Waals surface area contributed by atoms with Gasteiger partial charge < -0.3 is 19.9 Å². The standard InChI is InChI=1S/C21H28N4O2/c1-4-24-11-13-25(14-12-24)21(26)20-15-18(9-10-22-20)23-17-5-7-19(8-6-17)27-16(2)3/h5-10,15-16H,4,11-14H2,1-3H3,(H,22,23). The molecule has 6 heteroatoms. The zero-order valence-corrected chi connectivity index (χ0v) is 16.3. The molecule has 2 aromatic rings. The lowest BCUT2D eigenvalue weighted by Gasteiger charge is -2.33. The Kier molecular flexibility index (Phi) is 6.29. The quantitative estimate of drug-likeness (QED) is 0.847. The van der Waals surface area contributed by atoms with Gasteiger partial charge in [-0.3, -0.25) is 9.78 Å². The number of amides is 1. The maximum Gasteiger partial charge on any atom is 0.272 e. The SMILES string of the molecule is CCN1CCN(C(=O)c2cc(Nc3ccc(OC(C)C)cc3)ccn2)CC1. The van der Waals surface area contributed by atoms with E-state index in [4.69, 9.17) is 4.74 Å². The van der Waals surface area contributed by atoms with Crippen LogP contribution in [0, 0.1) is 0 Å². The summed E-state index contributed by atoms with van der Waals surface area (Å²) in [5.74, 6) is 0.836. The summed E-state index contributed by atoms with van der Waals surface area (Å²) in [4.78, 5) is 21.3. The number of piperazine rings is 1. The van der Waals surface area contributed by atoms with Crippen LogP contribution in [0.15, 0.2) is 42.6 Å². The molecule has 0 saturated carbocycles. The molecule has 27 heavy (non-hydrogen) atoms. The maximum atomic E-state index is 12.7. The summed E-state index contributed by atoms with van der Waals surface area (Å²) >= 11 is 0. The van der Waals surface area contributed by atoms with Gasteiger partial charge in [0.1, 0.15) is 11.4 Å². The predicted molar refractivity (Wildman–Crippen MR) is 108 cm³/mol. The molecule has 0 spiro atoms. The molecule has 0 atom stereocenters. The largest absolute Gasteiger partial charge is 0.491 e. The highest BCUT2D eigenvalue weighted by Gasteiger charge is 2.22. The number of carbonyl (C=O) groups excluding carboxylic acids is 1. The Morgan fingerprint density at radius 1 is 1.11 bits per heavy atom. The summed E-state index contributed by atoms with van der Waals surface area (Å²) in [6, 6.07) is 11.5. The molecular weight excluding hydrogens is 340 g/mol. The highest BCUT2D eigenvalue weighted by Crippen LogP contribution is 2.21. The Morgan fingerprint density at radius 2 is 1.81 bits per heavy atom. The fraction of sp³-hybridized carbons (Fsp3) is 0.429. The number of hydrogen-bond donors (Lipinski definition) is 1. The van der Waals surface area contributed by atoms with E-state index in [0.717, 1.165) is 49.8 Å². The van der Waals surface area contributed by atoms with E-state index in [2.05, 4.69) is 22.1 Å². The zero-order chi connectivity index (χ0) is 19.2. The van der Waals surface area contributed by atoms with Crippen LogP contribution in [-0.4, -0.2) is 59.5 Å². The van der Waals surface area contributed by atoms with Crippen LogP contribution < -0.4 is 10.1 Å². The molecule has 3 rings (SSSR count). The predicted octanol–water partition coefficient (Wildman–Crippen LogP) is 3.39. The van der Waals surface area contributed by atoms with E-state index in [-0.39, 0.29) is 12.0 Å². The second-order valence-corrected chi connectivity index (χ2v) is 6.97. The molecular formula is C21H28N4O2. The monoisotopic (exact) mass is 368 g/mol. The molecule has 1 saturated heterocycles. The van der Waals surface area contributed by atoms with Gasteiger partial charge in [0.05, 0.1) is 6.10 Å². The average Bonchev–Trinajstić information content (AvgIpc) is 2.69. The van der Waals surface area contributed by atoms with E-state index in [1.807, 2.05) is 55.1 Å². The Labute approximate surface area is 161 Å². The molecule has 1 amide bonds. The van der Waals surface area contributed by atoms with Gasteiger partial charge in [0.15, 0.2) is 0 Å². The molecule has 144 valence electrons. The first kappa shape index (κ1) is 19.2. The van der Waals surface area contributed by atoms with Crippen LogP contribution in [0.4, 0.5) is 11.4 Å². The van der Waals surface area contributed by atoms with Crippen LogP contribution >= 0.6 is 0 Å². The van der Waals surface area contributed by atoms with Gasteiger partial charge in [-0.2, -0.15) is 0 Å². The number of nitrogens with zero attached hydrogens (tertiary/aromatic N) is 3. The maximum absolute atomic E-state index is 12.7. The van der Waals surface area contributed by atoms with Crippen molar-refractivity contribution in [3.63, 3.8) is 0 Å². The molecule has 0 unspecified atom stereocenters. The summed E-state index contributed by atoms with van der Waals surface area (Å²) in [5, 5.41) is 3.32. The molecule has 0 aliphatic carbocycles. The van der Waals surface area contributed by atoms with Crippen molar-refractivity contribution in [2.24, 2.45) is 0 Å². The van der Waals surface area contributed by atoms with Gasteiger partial charge in [0, 0.05) is 43.8 Å². The van der Waals surface area contributed by atoms with E-state index in [1.165, 1.54) is 0 Å². The molecule has 0 radical (unpaired) electrons. The third-order valence-corrected chi connectivity index (χ3v) is 4.60. The van der Waals surface area contributed by atoms with Crippen molar-refractivity contribution in [2.45, 2.75) is 26.9 Å². The van der Waals surface area contributed by atoms with Gasteiger partial charge >= 0.3 is 0 Å². The van der Waals surface area contributed by atoms with Crippen LogP contribution in [0.25, 0.3) is 0 Å². The first-order chi connectivity index (χ1) is 13.0. The smallest absolute Gasteiger partial charge is 0.272 e. The van der Waals surface area contributed by atoms with E-state index in [1.54, 1.807) is 6.20 Å². The molecule has 0 bridgehead atoms. The van der Waals surface area contributed by atoms with Crippen molar-refractivity contribution in [3.05, 3.63) is 48.3 Å². The number of ether oxygens (including phenoxy) is 1. The number of aromatic nitrogens is 1. The number of carbonyl (C=O) groups is 1. The van der Waals surface area contributed by atoms with Gasteiger partial charge in [0.25, 0.3) is 5.91 Å². The second-order valence-electron chi connectivity index (χ2n) is 6.97. The van der Waals surface area contributed by atoms with E-state index in [9.17, 15) is 4.79 Å². The third kappa shape index (κ3) is 5.20. The number of rotatable bonds is 6. The minimum Gasteiger partial charge on any atom is -0.491 e. The minimum atomic E-state index is -0.00455. The Morgan fingerprint density at radius 3 is 2.44 bits per heavy atom. The van der Waals surface area contributed by atoms with Crippen LogP contribution in [-0.2, 0) is 0 Å². The fourth-order valence-electron chi connectivity index (χ4n) is 3.11. The first-order valence-electron chi connectivity index (χ1n) is 9.56. The first-order valence-corrected chi connectivity index (χ1v) is 9.56. The van der Waals surface area contributed by atoms with E-state index >= 15 is 0 Å². The van der Waals surface area contributed by atoms with Crippen molar-refractivity contribution >= 4 is 17.3 Å². The van der Waals surface area contributed by atoms with Crippen molar-refractivity contribution in [1.82, 2.24) is 14.8 Å². The number of likely N-dealkylation sites (N-methyl/N-ethyl adjacent to an activating group) is 1. The average molecular weight is 368 g/mol. The molecule has 2 heterocycles. The number of benzene rings is 1. The normalized spacial score (nSPS) is 15.0. The molecule has 1 aliphatic heterocycles. The Balaban J connectivity index is 1.64. The third-order valence-electron chi connectivity index (χ3n) is 4.60. The topological polar surface area (TPSA) is 57.7 Å². The minimum absolute atomic E-state index is 0.00455. The molecule has 1 N–H and O–H groups in total. The van der Waals surface area contributed by atoms with Gasteiger partial charge in [-0.15, -0.1) is 0 Å². The van der Waals surface area contributed by atoms with Crippen molar-refractivity contribution < 1.29 is 9.53 Å². The van der Waals surface area contributed by atoms with Crippen LogP contribution in [0.2, 0.25) is 0 Å². The van der Waals surface area contributed by atoms with Crippen molar-refractivity contribution in [3.8, 4) is 5.75 Å². The Hall–Kier alpha value is -2.60. The lowest BCUT2D eigenvalue weighted by Crippen LogP contribution is -2.48. The zero-order valence-electron chi connectivity index (χ0n) is 16.3. The fourth-order valence-corrected chi connectivity index (χ4v) is 3.11. The number of hydrogen-bond acceptors (Lipinski definition) is 5. The molecule has 1 aromatic heterocycles. The molecule has 1 aromatic carbocycles. The summed E-state index contributed by atoms with van der Waals surface area (Å²) < 4.78 is 5.66. The number of nitrogens with one attached hydrogen (secondary N) is 1. The summed E-state index contributed by atoms with van der Waals surface area (Å²) in [5.41, 5.74) is 2.26. The summed E-state index contributed by atoms with van der Waals surface area (Å²) in [6.45, 7) is 10.5. The van der Waals surface area contributed by atoms with Gasteiger partial charge in [-0.25, -0.2) is 0 Å². The highest BCUT2D eigenvalue weighted by atomic mass is 16.5. The van der Waals surface area contributed by atoms with E-state index < -0.39 is 0 Å². The van der Waals surface area contributed by atoms with Crippen LogP contribution in [0.1, 0.15) is 31.3 Å². The molecule has 1 fully saturated rings. The second kappa shape index (κ2) is 8.86. The van der Waals surface area contributed by atoms with Crippen molar-refractivity contribution in [1.29, 1.82) is 0 Å². The molecule has 6 nitrogen and oxygen atoms in total. The number of anilines is 2. The Bertz CT molecular complexity index is 753. The van der Waals surface area contributed by atoms with Crippen molar-refractivity contribution in [2.75, 3.05) is 38.0 Å². The van der Waals surface area contributed by atoms with Gasteiger partial charge in [-0.05, 0) is 56.8 Å². The highest BCUT2D eigenvalue weighted by molar-refractivity contribution is 5.93. The van der Waals surface area contributed by atoms with E-state index in [0.29, 0.717) is 5.69 Å². The van der Waals surface area contributed by atoms with Crippen LogP contribution in [0.5, 0.6) is 5.75 Å². The lowest BCUT2D eigenvalue weighted by atomic mass is 10.2. The summed E-state index contributed by atoms with van der Waals surface area (Å²) in [7, 11) is 0. The van der Waals surface area contributed by atoms with Gasteiger partial charge in [-0.1, -0.05) is 6.92 Å².